The Kier molecular flexibility index (Phi) is 7.79. The summed E-state index contributed by atoms with van der Waals surface area (Å²) in [5, 5.41) is 5.79. The van der Waals surface area contributed by atoms with Crippen molar-refractivity contribution in [3.63, 3.8) is 0 Å². The third-order valence-electron chi connectivity index (χ3n) is 8.12. The predicted molar refractivity (Wildman–Crippen MR) is 151 cm³/mol. The number of benzene rings is 2. The summed E-state index contributed by atoms with van der Waals surface area (Å²) in [7, 11) is 0. The lowest BCUT2D eigenvalue weighted by Gasteiger charge is -2.35. The van der Waals surface area contributed by atoms with Gasteiger partial charge in [0.15, 0.2) is 0 Å². The number of aromatic nitrogens is 2. The zero-order valence-corrected chi connectivity index (χ0v) is 24.2. The van der Waals surface area contributed by atoms with Crippen LogP contribution in [0.4, 0.5) is 8.78 Å². The molecule has 0 unspecified atom stereocenters. The number of carbonyl (C=O) groups excluding carboxylic acids is 1. The van der Waals surface area contributed by atoms with Crippen molar-refractivity contribution in [2.45, 2.75) is 57.9 Å². The fraction of sp³-hybridized carbons (Fsp3) is 0.467. The van der Waals surface area contributed by atoms with Crippen molar-refractivity contribution in [3.8, 4) is 5.69 Å². The maximum Gasteiger partial charge on any atom is 0.227 e. The van der Waals surface area contributed by atoms with Gasteiger partial charge in [0.2, 0.25) is 5.91 Å². The number of amides is 1. The molecular weight excluding hydrogens is 541 g/mol. The third kappa shape index (κ3) is 5.86. The number of aryl methyl sites for hydroxylation is 1. The van der Waals surface area contributed by atoms with Crippen molar-refractivity contribution in [1.29, 1.82) is 0 Å². The van der Waals surface area contributed by atoms with E-state index in [9.17, 15) is 13.6 Å². The van der Waals surface area contributed by atoms with Crippen LogP contribution in [-0.2, 0) is 4.79 Å². The average Bonchev–Trinajstić information content (AvgIpc) is 3.47. The fourth-order valence-electron chi connectivity index (χ4n) is 6.03. The summed E-state index contributed by atoms with van der Waals surface area (Å²) < 4.78 is 30.4. The number of carbonyl (C=O) groups is 1. The van der Waals surface area contributed by atoms with Crippen LogP contribution in [0.25, 0.3) is 5.69 Å². The Morgan fingerprint density at radius 2 is 1.64 bits per heavy atom. The van der Waals surface area contributed by atoms with Crippen LogP contribution in [0, 0.1) is 24.5 Å². The number of likely N-dealkylation sites (tertiary alicyclic amines) is 2. The second-order valence-electron chi connectivity index (χ2n) is 11.8. The van der Waals surface area contributed by atoms with Gasteiger partial charge in [-0.05, 0) is 76.4 Å². The van der Waals surface area contributed by atoms with Crippen LogP contribution in [0.1, 0.15) is 62.4 Å². The van der Waals surface area contributed by atoms with E-state index in [2.05, 4.69) is 31.7 Å². The standard InChI is InChI=1S/C30H34Cl2F2N4O/c1-18-11-28(38(35-18)23-13-20(31)12-21(32)14-23)19-7-9-36(10-8-19)29(39)26-17-37(30(2,3)4)16-25(26)24-6-5-22(33)15-27(24)34/h5-6,11-15,19,25-26H,7-10,16-17H2,1-4H3/t25-,26+/m0/s1. The smallest absolute Gasteiger partial charge is 0.227 e. The van der Waals surface area contributed by atoms with Crippen LogP contribution in [0.2, 0.25) is 10.0 Å². The molecule has 0 saturated carbocycles. The minimum absolute atomic E-state index is 0.0419. The van der Waals surface area contributed by atoms with Gasteiger partial charge in [-0.15, -0.1) is 0 Å². The summed E-state index contributed by atoms with van der Waals surface area (Å²) in [4.78, 5) is 18.1. The number of hydrogen-bond acceptors (Lipinski definition) is 3. The SMILES string of the molecule is Cc1cc(C2CCN(C(=O)[C@@H]3CN(C(C)(C)C)C[C@H]3c3ccc(F)cc3F)CC2)n(-c2cc(Cl)cc(Cl)c2)n1. The van der Waals surface area contributed by atoms with Crippen LogP contribution in [0.3, 0.4) is 0 Å². The van der Waals surface area contributed by atoms with Crippen molar-refractivity contribution < 1.29 is 13.6 Å². The molecule has 0 bridgehead atoms. The highest BCUT2D eigenvalue weighted by molar-refractivity contribution is 6.34. The van der Waals surface area contributed by atoms with Gasteiger partial charge in [0.25, 0.3) is 0 Å². The molecule has 0 aliphatic carbocycles. The van der Waals surface area contributed by atoms with Gasteiger partial charge in [-0.2, -0.15) is 5.10 Å². The van der Waals surface area contributed by atoms with Crippen molar-refractivity contribution in [1.82, 2.24) is 19.6 Å². The van der Waals surface area contributed by atoms with Crippen molar-refractivity contribution in [2.75, 3.05) is 26.2 Å². The maximum absolute atomic E-state index is 14.9. The zero-order valence-electron chi connectivity index (χ0n) is 22.7. The van der Waals surface area contributed by atoms with Gasteiger partial charge in [0.1, 0.15) is 11.6 Å². The van der Waals surface area contributed by atoms with Crippen molar-refractivity contribution in [2.24, 2.45) is 5.92 Å². The third-order valence-corrected chi connectivity index (χ3v) is 8.56. The first-order chi connectivity index (χ1) is 18.4. The predicted octanol–water partition coefficient (Wildman–Crippen LogP) is 6.99. The van der Waals surface area contributed by atoms with Gasteiger partial charge in [-0.25, -0.2) is 13.5 Å². The highest BCUT2D eigenvalue weighted by atomic mass is 35.5. The molecule has 5 nitrogen and oxygen atoms in total. The summed E-state index contributed by atoms with van der Waals surface area (Å²) in [6.45, 7) is 10.6. The van der Waals surface area contributed by atoms with Crippen LogP contribution in [0.5, 0.6) is 0 Å². The van der Waals surface area contributed by atoms with E-state index < -0.39 is 11.6 Å². The zero-order chi connectivity index (χ0) is 28.1. The van der Waals surface area contributed by atoms with E-state index in [0.29, 0.717) is 41.8 Å². The topological polar surface area (TPSA) is 41.4 Å². The number of halogens is 4. The summed E-state index contributed by atoms with van der Waals surface area (Å²) in [5.74, 6) is -1.65. The number of piperidine rings is 1. The van der Waals surface area contributed by atoms with E-state index in [1.807, 2.05) is 28.6 Å². The Morgan fingerprint density at radius 1 is 0.974 bits per heavy atom. The monoisotopic (exact) mass is 574 g/mol. The average molecular weight is 576 g/mol. The van der Waals surface area contributed by atoms with Gasteiger partial charge in [-0.1, -0.05) is 29.3 Å². The maximum atomic E-state index is 14.9. The Bertz CT molecular complexity index is 1360. The Morgan fingerprint density at radius 3 is 2.26 bits per heavy atom. The molecule has 3 aromatic rings. The molecule has 2 aromatic carbocycles. The first kappa shape index (κ1) is 28.1. The molecule has 0 N–H and O–H groups in total. The number of hydrogen-bond donors (Lipinski definition) is 0. The lowest BCUT2D eigenvalue weighted by atomic mass is 9.86. The highest BCUT2D eigenvalue weighted by Gasteiger charge is 2.44. The first-order valence-electron chi connectivity index (χ1n) is 13.4. The lowest BCUT2D eigenvalue weighted by Crippen LogP contribution is -2.44. The van der Waals surface area contributed by atoms with E-state index in [4.69, 9.17) is 28.3 Å². The molecular formula is C30H34Cl2F2N4O. The van der Waals surface area contributed by atoms with E-state index in [0.717, 1.165) is 36.0 Å². The number of rotatable bonds is 4. The summed E-state index contributed by atoms with van der Waals surface area (Å²) in [6.07, 6.45) is 1.58. The van der Waals surface area contributed by atoms with Gasteiger partial charge >= 0.3 is 0 Å². The highest BCUT2D eigenvalue weighted by Crippen LogP contribution is 2.40. The van der Waals surface area contributed by atoms with E-state index in [-0.39, 0.29) is 29.2 Å². The van der Waals surface area contributed by atoms with Gasteiger partial charge in [-0.3, -0.25) is 9.69 Å². The first-order valence-corrected chi connectivity index (χ1v) is 14.2. The van der Waals surface area contributed by atoms with Gasteiger partial charge < -0.3 is 4.90 Å². The second-order valence-corrected chi connectivity index (χ2v) is 12.7. The molecule has 208 valence electrons. The van der Waals surface area contributed by atoms with Gasteiger partial charge in [0, 0.05) is 65.4 Å². The molecule has 0 spiro atoms. The summed E-state index contributed by atoms with van der Waals surface area (Å²) in [6, 6.07) is 11.2. The Balaban J connectivity index is 1.34. The summed E-state index contributed by atoms with van der Waals surface area (Å²) in [5.41, 5.74) is 3.03. The minimum atomic E-state index is -0.610. The normalized spacial score (nSPS) is 21.1. The molecule has 3 heterocycles. The van der Waals surface area contributed by atoms with E-state index in [1.165, 1.54) is 12.1 Å². The van der Waals surface area contributed by atoms with Crippen molar-refractivity contribution >= 4 is 29.1 Å². The molecule has 1 amide bonds. The minimum Gasteiger partial charge on any atom is -0.342 e. The van der Waals surface area contributed by atoms with Crippen LogP contribution in [-0.4, -0.2) is 57.2 Å². The van der Waals surface area contributed by atoms with Crippen LogP contribution >= 0.6 is 23.2 Å². The summed E-state index contributed by atoms with van der Waals surface area (Å²) >= 11 is 12.5. The second kappa shape index (κ2) is 10.8. The molecule has 2 atom stereocenters. The molecule has 0 radical (unpaired) electrons. The van der Waals surface area contributed by atoms with Gasteiger partial charge in [0.05, 0.1) is 17.3 Å². The number of nitrogens with zero attached hydrogens (tertiary/aromatic N) is 4. The molecule has 2 fully saturated rings. The molecule has 2 aliphatic heterocycles. The molecule has 39 heavy (non-hydrogen) atoms. The molecule has 5 rings (SSSR count). The lowest BCUT2D eigenvalue weighted by molar-refractivity contribution is -0.136. The van der Waals surface area contributed by atoms with Crippen LogP contribution < -0.4 is 0 Å². The van der Waals surface area contributed by atoms with E-state index >= 15 is 0 Å². The molecule has 2 saturated heterocycles. The molecule has 2 aliphatic rings. The largest absolute Gasteiger partial charge is 0.342 e. The van der Waals surface area contributed by atoms with Crippen LogP contribution in [0.15, 0.2) is 42.5 Å². The fourth-order valence-corrected chi connectivity index (χ4v) is 6.54. The molecule has 1 aromatic heterocycles. The van der Waals surface area contributed by atoms with Crippen molar-refractivity contribution in [3.05, 3.63) is 81.1 Å². The molecule has 9 heteroatoms. The Labute approximate surface area is 238 Å². The van der Waals surface area contributed by atoms with E-state index in [1.54, 1.807) is 6.07 Å². The quantitative estimate of drug-likeness (QED) is 0.337. The Hall–Kier alpha value is -2.48.